The number of nitrogens with zero attached hydrogens (tertiary/aromatic N) is 1. The highest BCUT2D eigenvalue weighted by Gasteiger charge is 2.50. The summed E-state index contributed by atoms with van der Waals surface area (Å²) >= 11 is -0.593. The molecule has 1 N–H and O–H groups in total. The summed E-state index contributed by atoms with van der Waals surface area (Å²) in [6, 6.07) is 2.96. The Morgan fingerprint density at radius 3 is 2.60 bits per heavy atom. The molecule has 1 aliphatic carbocycles. The Bertz CT molecular complexity index is 811. The molecule has 1 aromatic heterocycles. The lowest BCUT2D eigenvalue weighted by atomic mass is 10.1. The summed E-state index contributed by atoms with van der Waals surface area (Å²) in [6.07, 6.45) is -1.36. The van der Waals surface area contributed by atoms with E-state index in [1.165, 1.54) is 0 Å². The standard InChI is InChI=1S/C15H9F6NO2S/c16-7-3-8(6-22-5-7)24-10-1-2-11(25-15(19,20)21)12-9(10)4-14(17,18)13(12)23/h1-3,5-6,13,23H,4H2. The lowest BCUT2D eigenvalue weighted by Gasteiger charge is -2.17. The van der Waals surface area contributed by atoms with E-state index < -0.39 is 52.0 Å². The Kier molecular flexibility index (Phi) is 4.36. The maximum Gasteiger partial charge on any atom is 0.446 e. The van der Waals surface area contributed by atoms with Crippen molar-refractivity contribution in [2.45, 2.75) is 28.9 Å². The van der Waals surface area contributed by atoms with E-state index >= 15 is 0 Å². The van der Waals surface area contributed by atoms with Gasteiger partial charge < -0.3 is 9.84 Å². The first-order valence-corrected chi connectivity index (χ1v) is 7.64. The molecule has 3 rings (SSSR count). The summed E-state index contributed by atoms with van der Waals surface area (Å²) in [4.78, 5) is 3.00. The van der Waals surface area contributed by atoms with Crippen molar-refractivity contribution in [2.24, 2.45) is 0 Å². The minimum absolute atomic E-state index is 0.108. The van der Waals surface area contributed by atoms with Crippen molar-refractivity contribution in [2.75, 3.05) is 0 Å². The van der Waals surface area contributed by atoms with Gasteiger partial charge in [0.05, 0.1) is 12.4 Å². The predicted octanol–water partition coefficient (Wildman–Crippen LogP) is 4.85. The van der Waals surface area contributed by atoms with E-state index in [0.717, 1.165) is 30.6 Å². The van der Waals surface area contributed by atoms with Gasteiger partial charge in [0.15, 0.2) is 0 Å². The number of halogens is 6. The van der Waals surface area contributed by atoms with Crippen molar-refractivity contribution in [3.8, 4) is 11.5 Å². The zero-order valence-electron chi connectivity index (χ0n) is 12.1. The van der Waals surface area contributed by atoms with Crippen molar-refractivity contribution >= 4 is 11.8 Å². The number of aliphatic hydroxyl groups is 1. The van der Waals surface area contributed by atoms with Crippen LogP contribution in [0.3, 0.4) is 0 Å². The number of thioether (sulfide) groups is 1. The topological polar surface area (TPSA) is 42.4 Å². The molecule has 10 heteroatoms. The minimum Gasteiger partial charge on any atom is -0.455 e. The molecule has 0 amide bonds. The van der Waals surface area contributed by atoms with Crippen LogP contribution in [0.25, 0.3) is 0 Å². The van der Waals surface area contributed by atoms with Crippen LogP contribution in [0.4, 0.5) is 26.3 Å². The minimum atomic E-state index is -4.71. The van der Waals surface area contributed by atoms with E-state index in [2.05, 4.69) is 4.98 Å². The van der Waals surface area contributed by atoms with Crippen LogP contribution in [0.5, 0.6) is 11.5 Å². The molecule has 3 nitrogen and oxygen atoms in total. The van der Waals surface area contributed by atoms with E-state index in [4.69, 9.17) is 4.74 Å². The number of ether oxygens (including phenoxy) is 1. The van der Waals surface area contributed by atoms with Gasteiger partial charge >= 0.3 is 5.51 Å². The molecular formula is C15H9F6NO2S. The summed E-state index contributed by atoms with van der Waals surface area (Å²) in [7, 11) is 0. The molecule has 134 valence electrons. The fourth-order valence-corrected chi connectivity index (χ4v) is 3.26. The van der Waals surface area contributed by atoms with Crippen LogP contribution < -0.4 is 4.74 Å². The fourth-order valence-electron chi connectivity index (χ4n) is 2.53. The number of fused-ring (bicyclic) bond motifs is 1. The van der Waals surface area contributed by atoms with Crippen LogP contribution in [0.15, 0.2) is 35.5 Å². The number of pyridine rings is 1. The molecule has 1 aromatic carbocycles. The van der Waals surface area contributed by atoms with Crippen LogP contribution in [-0.2, 0) is 6.42 Å². The molecule has 0 fully saturated rings. The molecule has 0 spiro atoms. The second-order valence-electron chi connectivity index (χ2n) is 5.28. The molecule has 0 aliphatic heterocycles. The van der Waals surface area contributed by atoms with Gasteiger partial charge in [-0.25, -0.2) is 13.2 Å². The van der Waals surface area contributed by atoms with Crippen molar-refractivity contribution in [1.29, 1.82) is 0 Å². The number of aromatic nitrogens is 1. The molecule has 0 radical (unpaired) electrons. The van der Waals surface area contributed by atoms with Crippen LogP contribution in [-0.4, -0.2) is 21.5 Å². The predicted molar refractivity (Wildman–Crippen MR) is 76.2 cm³/mol. The molecule has 0 saturated carbocycles. The quantitative estimate of drug-likeness (QED) is 0.610. The molecular weight excluding hydrogens is 372 g/mol. The van der Waals surface area contributed by atoms with E-state index in [-0.39, 0.29) is 17.1 Å². The number of rotatable bonds is 3. The Balaban J connectivity index is 2.05. The van der Waals surface area contributed by atoms with Gasteiger partial charge in [0.2, 0.25) is 0 Å². The summed E-state index contributed by atoms with van der Waals surface area (Å²) < 4.78 is 84.1. The smallest absolute Gasteiger partial charge is 0.446 e. The monoisotopic (exact) mass is 381 g/mol. The van der Waals surface area contributed by atoms with E-state index in [1.807, 2.05) is 0 Å². The van der Waals surface area contributed by atoms with Crippen molar-refractivity contribution < 1.29 is 36.2 Å². The number of alkyl halides is 5. The van der Waals surface area contributed by atoms with Crippen LogP contribution in [0.2, 0.25) is 0 Å². The van der Waals surface area contributed by atoms with Crippen LogP contribution >= 0.6 is 11.8 Å². The summed E-state index contributed by atoms with van der Waals surface area (Å²) in [6.45, 7) is 0. The lowest BCUT2D eigenvalue weighted by Crippen LogP contribution is -2.21. The Morgan fingerprint density at radius 1 is 1.24 bits per heavy atom. The van der Waals surface area contributed by atoms with E-state index in [1.54, 1.807) is 0 Å². The number of benzene rings is 1. The number of hydrogen-bond donors (Lipinski definition) is 1. The second-order valence-corrected chi connectivity index (χ2v) is 6.39. The van der Waals surface area contributed by atoms with Crippen molar-refractivity contribution in [1.82, 2.24) is 4.98 Å². The number of aliphatic hydroxyl groups excluding tert-OH is 1. The molecule has 25 heavy (non-hydrogen) atoms. The Hall–Kier alpha value is -1.94. The highest BCUT2D eigenvalue weighted by atomic mass is 32.2. The van der Waals surface area contributed by atoms with Crippen molar-refractivity contribution in [3.05, 3.63) is 47.5 Å². The second kappa shape index (κ2) is 6.10. The largest absolute Gasteiger partial charge is 0.455 e. The van der Waals surface area contributed by atoms with Crippen LogP contribution in [0, 0.1) is 5.82 Å². The molecule has 1 heterocycles. The average molecular weight is 381 g/mol. The molecule has 2 aromatic rings. The zero-order valence-corrected chi connectivity index (χ0v) is 13.0. The summed E-state index contributed by atoms with van der Waals surface area (Å²) in [5, 5.41) is 9.76. The molecule has 1 atom stereocenters. The third-order valence-electron chi connectivity index (χ3n) is 3.49. The highest BCUT2D eigenvalue weighted by Crippen LogP contribution is 2.52. The molecule has 0 bridgehead atoms. The van der Waals surface area contributed by atoms with Gasteiger partial charge in [-0.05, 0) is 23.9 Å². The van der Waals surface area contributed by atoms with Gasteiger partial charge in [-0.3, -0.25) is 4.98 Å². The van der Waals surface area contributed by atoms with E-state index in [0.29, 0.717) is 0 Å². The first-order chi connectivity index (χ1) is 11.6. The Labute approximate surface area is 141 Å². The normalized spacial score (nSPS) is 18.9. The fraction of sp³-hybridized carbons (Fsp3) is 0.267. The molecule has 0 saturated heterocycles. The molecule has 1 unspecified atom stereocenters. The average Bonchev–Trinajstić information content (AvgIpc) is 2.72. The maximum absolute atomic E-state index is 13.9. The van der Waals surface area contributed by atoms with Crippen molar-refractivity contribution in [3.63, 3.8) is 0 Å². The summed E-state index contributed by atoms with van der Waals surface area (Å²) in [5.74, 6) is -4.67. The van der Waals surface area contributed by atoms with Gasteiger partial charge in [-0.15, -0.1) is 0 Å². The number of hydrogen-bond acceptors (Lipinski definition) is 4. The van der Waals surface area contributed by atoms with Crippen LogP contribution in [0.1, 0.15) is 17.2 Å². The van der Waals surface area contributed by atoms with Gasteiger partial charge in [0.25, 0.3) is 5.92 Å². The third kappa shape index (κ3) is 3.69. The lowest BCUT2D eigenvalue weighted by molar-refractivity contribution is -0.0977. The SMILES string of the molecule is OC1c2c(SC(F)(F)F)ccc(Oc3cncc(F)c3)c2CC1(F)F. The molecule has 1 aliphatic rings. The summed E-state index contributed by atoms with van der Waals surface area (Å²) in [5.41, 5.74) is -5.49. The zero-order chi connectivity index (χ0) is 18.4. The van der Waals surface area contributed by atoms with Gasteiger partial charge in [-0.2, -0.15) is 13.2 Å². The third-order valence-corrected chi connectivity index (χ3v) is 4.30. The highest BCUT2D eigenvalue weighted by molar-refractivity contribution is 8.00. The van der Waals surface area contributed by atoms with Gasteiger partial charge in [0.1, 0.15) is 23.4 Å². The maximum atomic E-state index is 13.9. The van der Waals surface area contributed by atoms with E-state index in [9.17, 15) is 31.4 Å². The first-order valence-electron chi connectivity index (χ1n) is 6.82. The van der Waals surface area contributed by atoms with Gasteiger partial charge in [0, 0.05) is 28.5 Å². The Morgan fingerprint density at radius 2 is 1.96 bits per heavy atom. The first kappa shape index (κ1) is 17.9. The van der Waals surface area contributed by atoms with Gasteiger partial charge in [-0.1, -0.05) is 0 Å².